The van der Waals surface area contributed by atoms with Crippen LogP contribution in [-0.4, -0.2) is 17.2 Å². The average Bonchev–Trinajstić information content (AvgIpc) is 3.29. The molecule has 0 saturated carbocycles. The Kier molecular flexibility index (Phi) is 9.65. The molecule has 0 spiro atoms. The second-order valence-corrected chi connectivity index (χ2v) is 7.37. The molecule has 6 nitrogen and oxygen atoms in total. The summed E-state index contributed by atoms with van der Waals surface area (Å²) in [5.74, 6) is 0.787. The Morgan fingerprint density at radius 3 is 2.53 bits per heavy atom. The third-order valence-electron chi connectivity index (χ3n) is 4.79. The minimum absolute atomic E-state index is 0.266. The first-order valence-electron chi connectivity index (χ1n) is 10.7. The van der Waals surface area contributed by atoms with Crippen LogP contribution in [0.25, 0.3) is 11.6 Å². The van der Waals surface area contributed by atoms with Crippen molar-refractivity contribution in [2.75, 3.05) is 17.7 Å². The number of benzene rings is 1. The molecule has 1 aromatic carbocycles. The molecule has 1 aromatic heterocycles. The molecule has 1 heterocycles. The molecule has 0 atom stereocenters. The number of anilines is 3. The van der Waals surface area contributed by atoms with Gasteiger partial charge in [0.25, 0.3) is 0 Å². The highest BCUT2D eigenvalue weighted by Gasteiger charge is 2.12. The predicted molar refractivity (Wildman–Crippen MR) is 144 cm³/mol. The minimum Gasteiger partial charge on any atom is -0.465 e. The Bertz CT molecular complexity index is 1190. The number of rotatable bonds is 12. The SMILES string of the molecule is C=CC=C(/C=C(\C=C/C)c1nnc(Nc2ccc(NC)c(C=C)c2)o1)C(=C)O/C=C(/C)C(=C)C. The fraction of sp³-hybridized carbons (Fsp3) is 0.143. The maximum absolute atomic E-state index is 5.88. The Balaban J connectivity index is 2.32. The van der Waals surface area contributed by atoms with Crippen molar-refractivity contribution in [3.05, 3.63) is 115 Å². The molecule has 34 heavy (non-hydrogen) atoms. The predicted octanol–water partition coefficient (Wildman–Crippen LogP) is 7.58. The largest absolute Gasteiger partial charge is 0.465 e. The molecule has 0 aliphatic carbocycles. The Morgan fingerprint density at radius 1 is 1.15 bits per heavy atom. The Labute approximate surface area is 202 Å². The molecule has 0 bridgehead atoms. The van der Waals surface area contributed by atoms with Crippen LogP contribution in [0.4, 0.5) is 17.4 Å². The van der Waals surface area contributed by atoms with Crippen LogP contribution in [0.15, 0.2) is 108 Å². The van der Waals surface area contributed by atoms with Crippen molar-refractivity contribution in [2.45, 2.75) is 20.8 Å². The summed E-state index contributed by atoms with van der Waals surface area (Å²) in [5, 5.41) is 14.6. The van der Waals surface area contributed by atoms with Crippen LogP contribution in [0.1, 0.15) is 32.2 Å². The molecule has 2 N–H and O–H groups in total. The zero-order valence-corrected chi connectivity index (χ0v) is 20.3. The van der Waals surface area contributed by atoms with Crippen LogP contribution in [0.5, 0.6) is 0 Å². The van der Waals surface area contributed by atoms with Gasteiger partial charge in [-0.3, -0.25) is 0 Å². The average molecular weight is 457 g/mol. The van der Waals surface area contributed by atoms with E-state index in [1.807, 2.05) is 64.2 Å². The van der Waals surface area contributed by atoms with E-state index in [0.717, 1.165) is 28.1 Å². The van der Waals surface area contributed by atoms with Gasteiger partial charge in [-0.1, -0.05) is 67.4 Å². The highest BCUT2D eigenvalue weighted by atomic mass is 16.5. The van der Waals surface area contributed by atoms with Crippen molar-refractivity contribution >= 4 is 29.0 Å². The van der Waals surface area contributed by atoms with Gasteiger partial charge in [0.1, 0.15) is 5.76 Å². The number of hydrogen-bond acceptors (Lipinski definition) is 6. The summed E-state index contributed by atoms with van der Waals surface area (Å²) >= 11 is 0. The van der Waals surface area contributed by atoms with Crippen LogP contribution in [0.2, 0.25) is 0 Å². The van der Waals surface area contributed by atoms with Crippen molar-refractivity contribution in [3.63, 3.8) is 0 Å². The molecule has 0 fully saturated rings. The first-order valence-corrected chi connectivity index (χ1v) is 10.7. The summed E-state index contributed by atoms with van der Waals surface area (Å²) in [6.07, 6.45) is 12.5. The minimum atomic E-state index is 0.266. The monoisotopic (exact) mass is 456 g/mol. The van der Waals surface area contributed by atoms with Gasteiger partial charge in [0.2, 0.25) is 5.89 Å². The van der Waals surface area contributed by atoms with E-state index in [1.54, 1.807) is 24.5 Å². The molecular formula is C28H32N4O2. The van der Waals surface area contributed by atoms with Gasteiger partial charge in [0, 0.05) is 29.6 Å². The van der Waals surface area contributed by atoms with Crippen molar-refractivity contribution < 1.29 is 9.15 Å². The van der Waals surface area contributed by atoms with E-state index in [-0.39, 0.29) is 6.01 Å². The molecule has 176 valence electrons. The maximum Gasteiger partial charge on any atom is 0.320 e. The van der Waals surface area contributed by atoms with Crippen LogP contribution in [0, 0.1) is 0 Å². The molecule has 0 radical (unpaired) electrons. The lowest BCUT2D eigenvalue weighted by molar-refractivity contribution is 0.362. The molecule has 6 heteroatoms. The summed E-state index contributed by atoms with van der Waals surface area (Å²) in [6.45, 7) is 21.3. The van der Waals surface area contributed by atoms with Gasteiger partial charge in [-0.15, -0.1) is 5.10 Å². The lowest BCUT2D eigenvalue weighted by atomic mass is 10.1. The second kappa shape index (κ2) is 12.6. The van der Waals surface area contributed by atoms with Crippen LogP contribution < -0.4 is 10.6 Å². The van der Waals surface area contributed by atoms with E-state index in [9.17, 15) is 0 Å². The molecule has 2 aromatic rings. The molecule has 0 aliphatic heterocycles. The fourth-order valence-electron chi connectivity index (χ4n) is 2.76. The van der Waals surface area contributed by atoms with E-state index in [1.165, 1.54) is 0 Å². The van der Waals surface area contributed by atoms with Crippen LogP contribution in [0.3, 0.4) is 0 Å². The van der Waals surface area contributed by atoms with Gasteiger partial charge >= 0.3 is 6.01 Å². The van der Waals surface area contributed by atoms with E-state index in [2.05, 4.69) is 47.1 Å². The van der Waals surface area contributed by atoms with E-state index in [0.29, 0.717) is 22.8 Å². The summed E-state index contributed by atoms with van der Waals surface area (Å²) in [5.41, 5.74) is 5.97. The highest BCUT2D eigenvalue weighted by Crippen LogP contribution is 2.26. The maximum atomic E-state index is 5.88. The standard InChI is InChI=1S/C28H32N4O2/c1-9-12-23(21(7)33-18-20(6)19(4)5)16-24(13-10-2)27-31-32-28(34-27)30-25-14-15-26(29-8)22(11-3)17-25/h9-18,29H,1,3-4,7H2,2,5-6,8H3,(H,30,32)/b13-10-,20-18-,23-12?,24-16+. The lowest BCUT2D eigenvalue weighted by Gasteiger charge is -2.09. The quantitative estimate of drug-likeness (QED) is 0.253. The number of hydrogen-bond donors (Lipinski definition) is 2. The third kappa shape index (κ3) is 7.10. The highest BCUT2D eigenvalue weighted by molar-refractivity contribution is 5.74. The van der Waals surface area contributed by atoms with Crippen molar-refractivity contribution in [1.82, 2.24) is 10.2 Å². The number of ether oxygens (including phenoxy) is 1. The summed E-state index contributed by atoms with van der Waals surface area (Å²) < 4.78 is 11.6. The summed E-state index contributed by atoms with van der Waals surface area (Å²) in [6, 6.07) is 6.07. The van der Waals surface area contributed by atoms with Crippen molar-refractivity contribution in [2.24, 2.45) is 0 Å². The molecule has 0 aliphatic rings. The van der Waals surface area contributed by atoms with E-state index in [4.69, 9.17) is 9.15 Å². The summed E-state index contributed by atoms with van der Waals surface area (Å²) in [4.78, 5) is 0. The van der Waals surface area contributed by atoms with Crippen molar-refractivity contribution in [3.8, 4) is 0 Å². The molecule has 0 amide bonds. The zero-order chi connectivity index (χ0) is 25.1. The first kappa shape index (κ1) is 25.9. The van der Waals surface area contributed by atoms with E-state index < -0.39 is 0 Å². The number of nitrogens with one attached hydrogen (secondary N) is 2. The zero-order valence-electron chi connectivity index (χ0n) is 20.3. The van der Waals surface area contributed by atoms with Gasteiger partial charge < -0.3 is 19.8 Å². The number of nitrogens with zero attached hydrogens (tertiary/aromatic N) is 2. The molecule has 0 unspecified atom stereocenters. The van der Waals surface area contributed by atoms with Gasteiger partial charge in [-0.05, 0) is 56.2 Å². The molecule has 0 saturated heterocycles. The molecular weight excluding hydrogens is 424 g/mol. The second-order valence-electron chi connectivity index (χ2n) is 7.37. The Morgan fingerprint density at radius 2 is 1.91 bits per heavy atom. The number of allylic oxidation sites excluding steroid dienone is 8. The topological polar surface area (TPSA) is 72.2 Å². The van der Waals surface area contributed by atoms with Gasteiger partial charge in [-0.25, -0.2) is 0 Å². The van der Waals surface area contributed by atoms with Gasteiger partial charge in [-0.2, -0.15) is 0 Å². The van der Waals surface area contributed by atoms with E-state index >= 15 is 0 Å². The van der Waals surface area contributed by atoms with Gasteiger partial charge in [0.05, 0.1) is 6.26 Å². The van der Waals surface area contributed by atoms with Crippen LogP contribution in [-0.2, 0) is 4.74 Å². The van der Waals surface area contributed by atoms with Crippen molar-refractivity contribution in [1.29, 1.82) is 0 Å². The fourth-order valence-corrected chi connectivity index (χ4v) is 2.76. The summed E-state index contributed by atoms with van der Waals surface area (Å²) in [7, 11) is 1.86. The van der Waals surface area contributed by atoms with Gasteiger partial charge in [0.15, 0.2) is 0 Å². The first-order chi connectivity index (χ1) is 16.3. The Hall–Kier alpha value is -4.32. The molecule has 2 rings (SSSR count). The smallest absolute Gasteiger partial charge is 0.320 e. The normalized spacial score (nSPS) is 12.4. The lowest BCUT2D eigenvalue weighted by Crippen LogP contribution is -1.95. The van der Waals surface area contributed by atoms with Crippen LogP contribution >= 0.6 is 0 Å². The third-order valence-corrected chi connectivity index (χ3v) is 4.79. The number of aromatic nitrogens is 2.